The first-order valence-electron chi connectivity index (χ1n) is 5.03. The van der Waals surface area contributed by atoms with E-state index in [2.05, 4.69) is 10.3 Å². The molecule has 1 aromatic heterocycles. The molecule has 0 spiro atoms. The van der Waals surface area contributed by atoms with Crippen molar-refractivity contribution in [2.75, 3.05) is 11.1 Å². The molecule has 86 valence electrons. The van der Waals surface area contributed by atoms with Gasteiger partial charge in [-0.25, -0.2) is 4.98 Å². The summed E-state index contributed by atoms with van der Waals surface area (Å²) in [6, 6.07) is 10.4. The zero-order chi connectivity index (χ0) is 12.3. The molecule has 0 fully saturated rings. The molecule has 5 N–H and O–H groups in total. The van der Waals surface area contributed by atoms with Crippen molar-refractivity contribution in [3.8, 4) is 0 Å². The van der Waals surface area contributed by atoms with Gasteiger partial charge in [0.15, 0.2) is 0 Å². The van der Waals surface area contributed by atoms with Crippen LogP contribution in [0.25, 0.3) is 0 Å². The number of pyridine rings is 1. The molecule has 0 radical (unpaired) electrons. The summed E-state index contributed by atoms with van der Waals surface area (Å²) in [5, 5.41) is 3.14. The number of nitrogens with zero attached hydrogens (tertiary/aromatic N) is 1. The van der Waals surface area contributed by atoms with Crippen LogP contribution in [0.15, 0.2) is 42.6 Å². The highest BCUT2D eigenvalue weighted by atomic mass is 16.1. The van der Waals surface area contributed by atoms with E-state index in [1.807, 2.05) is 0 Å². The Kier molecular flexibility index (Phi) is 2.91. The number of carbonyl (C=O) groups is 1. The summed E-state index contributed by atoms with van der Waals surface area (Å²) in [5.74, 6) is 0.00783. The van der Waals surface area contributed by atoms with Crippen molar-refractivity contribution in [3.05, 3.63) is 48.2 Å². The van der Waals surface area contributed by atoms with Crippen LogP contribution >= 0.6 is 0 Å². The second-order valence-electron chi connectivity index (χ2n) is 3.54. The highest BCUT2D eigenvalue weighted by Crippen LogP contribution is 2.17. The van der Waals surface area contributed by atoms with E-state index in [0.717, 1.165) is 11.4 Å². The number of anilines is 3. The van der Waals surface area contributed by atoms with E-state index >= 15 is 0 Å². The van der Waals surface area contributed by atoms with Gasteiger partial charge in [-0.3, -0.25) is 4.79 Å². The van der Waals surface area contributed by atoms with E-state index in [9.17, 15) is 4.79 Å². The largest absolute Gasteiger partial charge is 0.384 e. The fourth-order valence-electron chi connectivity index (χ4n) is 1.41. The number of aromatic nitrogens is 1. The van der Waals surface area contributed by atoms with Crippen LogP contribution in [0.1, 0.15) is 10.4 Å². The Labute approximate surface area is 98.5 Å². The first-order chi connectivity index (χ1) is 8.15. The summed E-state index contributed by atoms with van der Waals surface area (Å²) in [4.78, 5) is 14.8. The van der Waals surface area contributed by atoms with Crippen LogP contribution < -0.4 is 16.8 Å². The number of carbonyl (C=O) groups excluding carboxylic acids is 1. The average molecular weight is 228 g/mol. The molecule has 0 atom stereocenters. The van der Waals surface area contributed by atoms with Crippen molar-refractivity contribution in [2.45, 2.75) is 0 Å². The zero-order valence-corrected chi connectivity index (χ0v) is 9.05. The number of amides is 1. The van der Waals surface area contributed by atoms with Gasteiger partial charge in [0.25, 0.3) is 0 Å². The van der Waals surface area contributed by atoms with Gasteiger partial charge in [0.2, 0.25) is 5.91 Å². The third-order valence-corrected chi connectivity index (χ3v) is 2.24. The Hall–Kier alpha value is -2.56. The highest BCUT2D eigenvalue weighted by molar-refractivity contribution is 5.93. The van der Waals surface area contributed by atoms with E-state index in [1.54, 1.807) is 42.6 Å². The number of nitrogens with two attached hydrogens (primary N) is 2. The van der Waals surface area contributed by atoms with Crippen LogP contribution in [-0.2, 0) is 0 Å². The predicted molar refractivity (Wildman–Crippen MR) is 66.9 cm³/mol. The number of rotatable bonds is 3. The lowest BCUT2D eigenvalue weighted by Crippen LogP contribution is -2.10. The van der Waals surface area contributed by atoms with Crippen molar-refractivity contribution in [2.24, 2.45) is 5.73 Å². The Morgan fingerprint density at radius 3 is 2.41 bits per heavy atom. The normalized spacial score (nSPS) is 9.88. The monoisotopic (exact) mass is 228 g/mol. The molecule has 0 aliphatic heterocycles. The van der Waals surface area contributed by atoms with Gasteiger partial charge in [0, 0.05) is 29.2 Å². The van der Waals surface area contributed by atoms with Gasteiger partial charge in [-0.1, -0.05) is 0 Å². The van der Waals surface area contributed by atoms with E-state index in [-0.39, 0.29) is 0 Å². The average Bonchev–Trinajstić information content (AvgIpc) is 2.29. The maximum atomic E-state index is 10.9. The van der Waals surface area contributed by atoms with E-state index < -0.39 is 5.91 Å². The minimum atomic E-state index is -0.440. The van der Waals surface area contributed by atoms with Gasteiger partial charge >= 0.3 is 0 Å². The third-order valence-electron chi connectivity index (χ3n) is 2.24. The van der Waals surface area contributed by atoms with E-state index in [4.69, 9.17) is 11.5 Å². The summed E-state index contributed by atoms with van der Waals surface area (Å²) in [6.45, 7) is 0. The molecule has 0 unspecified atom stereocenters. The molecule has 0 aliphatic rings. The molecule has 0 aliphatic carbocycles. The zero-order valence-electron chi connectivity index (χ0n) is 9.05. The number of primary amides is 1. The van der Waals surface area contributed by atoms with Crippen molar-refractivity contribution in [1.29, 1.82) is 0 Å². The Morgan fingerprint density at radius 2 is 1.82 bits per heavy atom. The van der Waals surface area contributed by atoms with Crippen LogP contribution in [0.4, 0.5) is 17.2 Å². The molecule has 1 aromatic carbocycles. The van der Waals surface area contributed by atoms with Crippen molar-refractivity contribution >= 4 is 23.1 Å². The maximum Gasteiger partial charge on any atom is 0.248 e. The van der Waals surface area contributed by atoms with Crippen LogP contribution in [-0.4, -0.2) is 10.9 Å². The molecule has 5 nitrogen and oxygen atoms in total. The summed E-state index contributed by atoms with van der Waals surface area (Å²) in [7, 11) is 0. The molecule has 2 rings (SSSR count). The first-order valence-corrected chi connectivity index (χ1v) is 5.03. The summed E-state index contributed by atoms with van der Waals surface area (Å²) < 4.78 is 0. The highest BCUT2D eigenvalue weighted by Gasteiger charge is 2.00. The SMILES string of the molecule is NC(=O)c1ccc(Nc2ccnc(N)c2)cc1. The molecule has 0 bridgehead atoms. The summed E-state index contributed by atoms with van der Waals surface area (Å²) in [6.07, 6.45) is 1.62. The lowest BCUT2D eigenvalue weighted by atomic mass is 10.2. The topological polar surface area (TPSA) is 94.0 Å². The summed E-state index contributed by atoms with van der Waals surface area (Å²) >= 11 is 0. The van der Waals surface area contributed by atoms with Gasteiger partial charge in [-0.05, 0) is 30.3 Å². The minimum absolute atomic E-state index is 0.440. The molecule has 2 aromatic rings. The number of benzene rings is 1. The van der Waals surface area contributed by atoms with Gasteiger partial charge < -0.3 is 16.8 Å². The fraction of sp³-hybridized carbons (Fsp3) is 0. The van der Waals surface area contributed by atoms with E-state index in [0.29, 0.717) is 11.4 Å². The Morgan fingerprint density at radius 1 is 1.12 bits per heavy atom. The van der Waals surface area contributed by atoms with Crippen molar-refractivity contribution < 1.29 is 4.79 Å². The van der Waals surface area contributed by atoms with Gasteiger partial charge in [-0.15, -0.1) is 0 Å². The van der Waals surface area contributed by atoms with Gasteiger partial charge in [-0.2, -0.15) is 0 Å². The first kappa shape index (κ1) is 10.9. The standard InChI is InChI=1S/C12H12N4O/c13-11-7-10(5-6-15-11)16-9-3-1-8(2-4-9)12(14)17/h1-7H,(H2,14,17)(H3,13,15,16). The number of hydrogen-bond donors (Lipinski definition) is 3. The number of hydrogen-bond acceptors (Lipinski definition) is 4. The second-order valence-corrected chi connectivity index (χ2v) is 3.54. The van der Waals surface area contributed by atoms with Crippen LogP contribution in [0.3, 0.4) is 0 Å². The van der Waals surface area contributed by atoms with Crippen molar-refractivity contribution in [3.63, 3.8) is 0 Å². The molecule has 0 saturated carbocycles. The quantitative estimate of drug-likeness (QED) is 0.742. The molecular weight excluding hydrogens is 216 g/mol. The molecule has 5 heteroatoms. The van der Waals surface area contributed by atoms with E-state index in [1.165, 1.54) is 0 Å². The van der Waals surface area contributed by atoms with Gasteiger partial charge in [0.05, 0.1) is 0 Å². The maximum absolute atomic E-state index is 10.9. The number of nitrogens with one attached hydrogen (secondary N) is 1. The second kappa shape index (κ2) is 4.52. The van der Waals surface area contributed by atoms with Crippen LogP contribution in [0.2, 0.25) is 0 Å². The third kappa shape index (κ3) is 2.72. The molecule has 1 amide bonds. The van der Waals surface area contributed by atoms with Crippen LogP contribution in [0.5, 0.6) is 0 Å². The lowest BCUT2D eigenvalue weighted by Gasteiger charge is -2.06. The predicted octanol–water partition coefficient (Wildman–Crippen LogP) is 1.51. The Balaban J connectivity index is 2.16. The molecular formula is C12H12N4O. The van der Waals surface area contributed by atoms with Crippen molar-refractivity contribution in [1.82, 2.24) is 4.98 Å². The lowest BCUT2D eigenvalue weighted by molar-refractivity contribution is 0.100. The van der Waals surface area contributed by atoms with Crippen LogP contribution in [0, 0.1) is 0 Å². The fourth-order valence-corrected chi connectivity index (χ4v) is 1.41. The van der Waals surface area contributed by atoms with Gasteiger partial charge in [0.1, 0.15) is 5.82 Å². The number of nitrogen functional groups attached to an aromatic ring is 1. The Bertz CT molecular complexity index is 536. The smallest absolute Gasteiger partial charge is 0.248 e. The molecule has 17 heavy (non-hydrogen) atoms. The molecule has 0 saturated heterocycles. The minimum Gasteiger partial charge on any atom is -0.384 e. The molecule has 1 heterocycles. The summed E-state index contributed by atoms with van der Waals surface area (Å²) in [5.41, 5.74) is 12.9.